The molecule has 5 nitrogen and oxygen atoms in total. The van der Waals surface area contributed by atoms with Crippen molar-refractivity contribution in [1.82, 2.24) is 4.72 Å². The maximum Gasteiger partial charge on any atom is 0.244 e. The van der Waals surface area contributed by atoms with Crippen LogP contribution in [0, 0.1) is 0 Å². The van der Waals surface area contributed by atoms with Crippen LogP contribution in [0.15, 0.2) is 51.8 Å². The van der Waals surface area contributed by atoms with Gasteiger partial charge in [-0.25, -0.2) is 13.1 Å². The Balaban J connectivity index is 2.36. The third-order valence-corrected chi connectivity index (χ3v) is 5.49. The first kappa shape index (κ1) is 18.8. The van der Waals surface area contributed by atoms with Gasteiger partial charge in [-0.3, -0.25) is 0 Å². The average Bonchev–Trinajstić information content (AvgIpc) is 2.56. The molecular formula is C17H20BrNO4S. The molecule has 1 N–H and O–H groups in total. The summed E-state index contributed by atoms with van der Waals surface area (Å²) >= 11 is 3.31. The summed E-state index contributed by atoms with van der Waals surface area (Å²) in [6, 6.07) is 11.8. The highest BCUT2D eigenvalue weighted by molar-refractivity contribution is 9.10. The number of sulfonamides is 1. The van der Waals surface area contributed by atoms with E-state index in [4.69, 9.17) is 9.47 Å². The number of methoxy groups -OCH3 is 1. The first-order valence-corrected chi connectivity index (χ1v) is 9.74. The summed E-state index contributed by atoms with van der Waals surface area (Å²) in [6.07, 6.45) is 0. The van der Waals surface area contributed by atoms with Gasteiger partial charge in [-0.1, -0.05) is 34.1 Å². The van der Waals surface area contributed by atoms with Gasteiger partial charge in [0.25, 0.3) is 0 Å². The van der Waals surface area contributed by atoms with Gasteiger partial charge in [0.2, 0.25) is 10.0 Å². The minimum Gasteiger partial charge on any atom is -0.496 e. The summed E-state index contributed by atoms with van der Waals surface area (Å²) in [5.41, 5.74) is 0.761. The standard InChI is InChI=1S/C17H20BrNO4S/c1-4-23-16-10-9-13(18)11-17(16)24(20,21)19-12(2)14-7-5-6-8-15(14)22-3/h5-12,19H,4H2,1-3H3. The third kappa shape index (κ3) is 4.28. The topological polar surface area (TPSA) is 64.6 Å². The number of para-hydroxylation sites is 1. The van der Waals surface area contributed by atoms with E-state index in [9.17, 15) is 8.42 Å². The van der Waals surface area contributed by atoms with Crippen LogP contribution in [0.5, 0.6) is 11.5 Å². The van der Waals surface area contributed by atoms with Crippen LogP contribution < -0.4 is 14.2 Å². The van der Waals surface area contributed by atoms with E-state index in [2.05, 4.69) is 20.7 Å². The molecule has 0 spiro atoms. The molecule has 0 aliphatic carbocycles. The molecule has 0 fully saturated rings. The molecule has 24 heavy (non-hydrogen) atoms. The Bertz CT molecular complexity index is 808. The van der Waals surface area contributed by atoms with Crippen LogP contribution in [0.25, 0.3) is 0 Å². The molecule has 0 aliphatic rings. The molecule has 7 heteroatoms. The van der Waals surface area contributed by atoms with Gasteiger partial charge in [0.15, 0.2) is 0 Å². The maximum absolute atomic E-state index is 12.8. The average molecular weight is 414 g/mol. The smallest absolute Gasteiger partial charge is 0.244 e. The van der Waals surface area contributed by atoms with Gasteiger partial charge in [-0.15, -0.1) is 0 Å². The summed E-state index contributed by atoms with van der Waals surface area (Å²) in [7, 11) is -2.21. The van der Waals surface area contributed by atoms with Crippen LogP contribution in [-0.2, 0) is 10.0 Å². The van der Waals surface area contributed by atoms with Crippen molar-refractivity contribution in [2.45, 2.75) is 24.8 Å². The molecule has 0 aromatic heterocycles. The van der Waals surface area contributed by atoms with Gasteiger partial charge >= 0.3 is 0 Å². The second-order valence-electron chi connectivity index (χ2n) is 5.11. The van der Waals surface area contributed by atoms with Crippen LogP contribution >= 0.6 is 15.9 Å². The molecule has 0 saturated heterocycles. The largest absolute Gasteiger partial charge is 0.496 e. The van der Waals surface area contributed by atoms with E-state index < -0.39 is 16.1 Å². The lowest BCUT2D eigenvalue weighted by Crippen LogP contribution is -2.27. The molecule has 2 aromatic rings. The second kappa shape index (κ2) is 8.00. The number of hydrogen-bond acceptors (Lipinski definition) is 4. The van der Waals surface area contributed by atoms with Crippen molar-refractivity contribution < 1.29 is 17.9 Å². The van der Waals surface area contributed by atoms with Gasteiger partial charge < -0.3 is 9.47 Å². The first-order chi connectivity index (χ1) is 11.4. The van der Waals surface area contributed by atoms with Gasteiger partial charge in [0.1, 0.15) is 16.4 Å². The lowest BCUT2D eigenvalue weighted by atomic mass is 10.1. The monoisotopic (exact) mass is 413 g/mol. The van der Waals surface area contributed by atoms with Crippen molar-refractivity contribution in [2.24, 2.45) is 0 Å². The zero-order valence-corrected chi connectivity index (χ0v) is 16.1. The predicted octanol–water partition coefficient (Wildman–Crippen LogP) is 3.90. The molecule has 130 valence electrons. The molecule has 0 saturated carbocycles. The highest BCUT2D eigenvalue weighted by Gasteiger charge is 2.24. The fourth-order valence-corrected chi connectivity index (χ4v) is 4.26. The van der Waals surface area contributed by atoms with E-state index in [0.717, 1.165) is 5.56 Å². The predicted molar refractivity (Wildman–Crippen MR) is 97.0 cm³/mol. The van der Waals surface area contributed by atoms with Crippen molar-refractivity contribution in [1.29, 1.82) is 0 Å². The quantitative estimate of drug-likeness (QED) is 0.747. The first-order valence-electron chi connectivity index (χ1n) is 7.46. The van der Waals surface area contributed by atoms with Crippen molar-refractivity contribution in [3.8, 4) is 11.5 Å². The number of nitrogens with one attached hydrogen (secondary N) is 1. The molecule has 2 rings (SSSR count). The number of benzene rings is 2. The fourth-order valence-electron chi connectivity index (χ4n) is 2.35. The van der Waals surface area contributed by atoms with Gasteiger partial charge in [0.05, 0.1) is 13.7 Å². The Kier molecular flexibility index (Phi) is 6.26. The van der Waals surface area contributed by atoms with Crippen LogP contribution in [0.2, 0.25) is 0 Å². The molecule has 0 aliphatic heterocycles. The Morgan fingerprint density at radius 3 is 2.54 bits per heavy atom. The Morgan fingerprint density at radius 1 is 1.17 bits per heavy atom. The van der Waals surface area contributed by atoms with Crippen LogP contribution in [-0.4, -0.2) is 22.1 Å². The van der Waals surface area contributed by atoms with Crippen molar-refractivity contribution in [2.75, 3.05) is 13.7 Å². The summed E-state index contributed by atoms with van der Waals surface area (Å²) in [5.74, 6) is 0.951. The Hall–Kier alpha value is -1.57. The Morgan fingerprint density at radius 2 is 1.88 bits per heavy atom. The van der Waals surface area contributed by atoms with Crippen LogP contribution in [0.4, 0.5) is 0 Å². The molecular weight excluding hydrogens is 394 g/mol. The highest BCUT2D eigenvalue weighted by Crippen LogP contribution is 2.30. The van der Waals surface area contributed by atoms with Gasteiger partial charge in [0, 0.05) is 16.1 Å². The minimum atomic E-state index is -3.77. The summed E-state index contributed by atoms with van der Waals surface area (Å²) < 4.78 is 39.7. The molecule has 1 unspecified atom stereocenters. The molecule has 0 heterocycles. The van der Waals surface area contributed by atoms with Crippen molar-refractivity contribution in [3.05, 3.63) is 52.5 Å². The molecule has 0 radical (unpaired) electrons. The molecule has 0 amide bonds. The normalized spacial score (nSPS) is 12.7. The minimum absolute atomic E-state index is 0.0977. The maximum atomic E-state index is 12.8. The lowest BCUT2D eigenvalue weighted by molar-refractivity contribution is 0.331. The number of ether oxygens (including phenoxy) is 2. The van der Waals surface area contributed by atoms with Crippen LogP contribution in [0.3, 0.4) is 0 Å². The van der Waals surface area contributed by atoms with Crippen LogP contribution in [0.1, 0.15) is 25.5 Å². The van der Waals surface area contributed by atoms with E-state index in [1.165, 1.54) is 6.07 Å². The summed E-state index contributed by atoms with van der Waals surface area (Å²) in [4.78, 5) is 0.0977. The summed E-state index contributed by atoms with van der Waals surface area (Å²) in [6.45, 7) is 3.96. The zero-order chi connectivity index (χ0) is 17.7. The highest BCUT2D eigenvalue weighted by atomic mass is 79.9. The van der Waals surface area contributed by atoms with E-state index in [-0.39, 0.29) is 4.90 Å². The van der Waals surface area contributed by atoms with E-state index >= 15 is 0 Å². The molecule has 2 aromatic carbocycles. The fraction of sp³-hybridized carbons (Fsp3) is 0.294. The van der Waals surface area contributed by atoms with E-state index in [1.54, 1.807) is 32.2 Å². The number of halogens is 1. The molecule has 0 bridgehead atoms. The Labute approximate surface area is 151 Å². The SMILES string of the molecule is CCOc1ccc(Br)cc1S(=O)(=O)NC(C)c1ccccc1OC. The van der Waals surface area contributed by atoms with Gasteiger partial charge in [-0.05, 0) is 38.1 Å². The molecule has 1 atom stereocenters. The summed E-state index contributed by atoms with van der Waals surface area (Å²) in [5, 5.41) is 0. The number of rotatable bonds is 7. The van der Waals surface area contributed by atoms with Crippen molar-refractivity contribution in [3.63, 3.8) is 0 Å². The lowest BCUT2D eigenvalue weighted by Gasteiger charge is -2.18. The third-order valence-electron chi connectivity index (χ3n) is 3.43. The van der Waals surface area contributed by atoms with E-state index in [0.29, 0.717) is 22.6 Å². The zero-order valence-electron chi connectivity index (χ0n) is 13.7. The second-order valence-corrected chi connectivity index (χ2v) is 7.71. The van der Waals surface area contributed by atoms with Gasteiger partial charge in [-0.2, -0.15) is 0 Å². The number of hydrogen-bond donors (Lipinski definition) is 1. The van der Waals surface area contributed by atoms with E-state index in [1.807, 2.05) is 25.1 Å². The van der Waals surface area contributed by atoms with Crippen molar-refractivity contribution >= 4 is 26.0 Å².